The highest BCUT2D eigenvalue weighted by Gasteiger charge is 2.23. The van der Waals surface area contributed by atoms with Gasteiger partial charge in [-0.1, -0.05) is 12.1 Å². The molecule has 1 heterocycles. The number of carbonyl (C=O) groups excluding carboxylic acids is 1. The number of hydrogen-bond donors (Lipinski definition) is 1. The van der Waals surface area contributed by atoms with E-state index in [-0.39, 0.29) is 12.4 Å². The smallest absolute Gasteiger partial charge is 0.176 e. The third-order valence-electron chi connectivity index (χ3n) is 4.10. The second-order valence-corrected chi connectivity index (χ2v) is 5.62. The van der Waals surface area contributed by atoms with Gasteiger partial charge in [0.1, 0.15) is 0 Å². The Labute approximate surface area is 115 Å². The van der Waals surface area contributed by atoms with Gasteiger partial charge >= 0.3 is 0 Å². The average Bonchev–Trinajstić information content (AvgIpc) is 2.80. The van der Waals surface area contributed by atoms with Crippen molar-refractivity contribution in [1.29, 1.82) is 0 Å². The van der Waals surface area contributed by atoms with E-state index in [0.29, 0.717) is 12.5 Å². The Morgan fingerprint density at radius 2 is 2.16 bits per heavy atom. The first-order valence-electron chi connectivity index (χ1n) is 7.04. The molecule has 1 aliphatic heterocycles. The Morgan fingerprint density at radius 1 is 1.37 bits per heavy atom. The van der Waals surface area contributed by atoms with Gasteiger partial charge in [-0.2, -0.15) is 0 Å². The molecule has 1 fully saturated rings. The first kappa shape index (κ1) is 14.2. The van der Waals surface area contributed by atoms with Crippen molar-refractivity contribution in [2.24, 2.45) is 5.92 Å². The Kier molecular flexibility index (Phi) is 4.72. The zero-order valence-corrected chi connectivity index (χ0v) is 11.9. The molecular formula is C16H23NO2. The summed E-state index contributed by atoms with van der Waals surface area (Å²) < 4.78 is 0. The van der Waals surface area contributed by atoms with E-state index in [9.17, 15) is 4.79 Å². The van der Waals surface area contributed by atoms with E-state index >= 15 is 0 Å². The molecule has 1 saturated heterocycles. The van der Waals surface area contributed by atoms with Crippen LogP contribution in [0.2, 0.25) is 0 Å². The molecule has 0 aromatic heterocycles. The predicted molar refractivity (Wildman–Crippen MR) is 76.5 cm³/mol. The maximum Gasteiger partial charge on any atom is 0.176 e. The minimum Gasteiger partial charge on any atom is -0.396 e. The largest absolute Gasteiger partial charge is 0.396 e. The third kappa shape index (κ3) is 3.64. The second-order valence-electron chi connectivity index (χ2n) is 5.62. The normalized spacial score (nSPS) is 19.8. The molecule has 0 bridgehead atoms. The van der Waals surface area contributed by atoms with Crippen LogP contribution in [0.5, 0.6) is 0 Å². The summed E-state index contributed by atoms with van der Waals surface area (Å²) in [6.45, 7) is 6.77. The highest BCUT2D eigenvalue weighted by atomic mass is 16.3. The van der Waals surface area contributed by atoms with Gasteiger partial charge in [0.15, 0.2) is 5.78 Å². The van der Waals surface area contributed by atoms with Gasteiger partial charge in [0.2, 0.25) is 0 Å². The van der Waals surface area contributed by atoms with Crippen LogP contribution in [0.3, 0.4) is 0 Å². The fraction of sp³-hybridized carbons (Fsp3) is 0.562. The van der Waals surface area contributed by atoms with Gasteiger partial charge in [0.05, 0.1) is 6.54 Å². The average molecular weight is 261 g/mol. The first-order valence-corrected chi connectivity index (χ1v) is 7.04. The summed E-state index contributed by atoms with van der Waals surface area (Å²) in [4.78, 5) is 14.4. The Balaban J connectivity index is 1.92. The summed E-state index contributed by atoms with van der Waals surface area (Å²) in [5, 5.41) is 8.94. The Bertz CT molecular complexity index is 456. The minimum atomic E-state index is 0.202. The molecule has 3 heteroatoms. The van der Waals surface area contributed by atoms with Gasteiger partial charge in [0.25, 0.3) is 0 Å². The van der Waals surface area contributed by atoms with Gasteiger partial charge in [0, 0.05) is 18.7 Å². The molecule has 2 rings (SSSR count). The van der Waals surface area contributed by atoms with Crippen LogP contribution in [-0.4, -0.2) is 42.0 Å². The van der Waals surface area contributed by atoms with Crippen LogP contribution in [0.25, 0.3) is 0 Å². The number of ketones is 1. The van der Waals surface area contributed by atoms with Crippen LogP contribution in [-0.2, 0) is 0 Å². The van der Waals surface area contributed by atoms with Crippen molar-refractivity contribution >= 4 is 5.78 Å². The lowest BCUT2D eigenvalue weighted by Crippen LogP contribution is -2.28. The minimum absolute atomic E-state index is 0.202. The topological polar surface area (TPSA) is 40.5 Å². The van der Waals surface area contributed by atoms with Crippen molar-refractivity contribution in [3.63, 3.8) is 0 Å². The van der Waals surface area contributed by atoms with Crippen LogP contribution < -0.4 is 0 Å². The number of rotatable bonds is 5. The van der Waals surface area contributed by atoms with Crippen LogP contribution in [0.4, 0.5) is 0 Å². The molecule has 3 nitrogen and oxygen atoms in total. The summed E-state index contributed by atoms with van der Waals surface area (Å²) in [7, 11) is 0. The van der Waals surface area contributed by atoms with Gasteiger partial charge in [-0.15, -0.1) is 0 Å². The summed E-state index contributed by atoms with van der Waals surface area (Å²) in [5.41, 5.74) is 3.21. The lowest BCUT2D eigenvalue weighted by Gasteiger charge is -2.15. The fourth-order valence-corrected chi connectivity index (χ4v) is 2.68. The number of benzene rings is 1. The molecule has 1 unspecified atom stereocenters. The lowest BCUT2D eigenvalue weighted by atomic mass is 10.0. The standard InChI is InChI=1S/C16H23NO2/c1-12-3-4-15(9-13(12)2)16(19)11-17-7-5-14(10-17)6-8-18/h3-4,9,14,18H,5-8,10-11H2,1-2H3. The molecular weight excluding hydrogens is 238 g/mol. The molecule has 19 heavy (non-hydrogen) atoms. The highest BCUT2D eigenvalue weighted by Crippen LogP contribution is 2.19. The molecule has 0 radical (unpaired) electrons. The molecule has 1 atom stereocenters. The maximum atomic E-state index is 12.2. The number of aliphatic hydroxyl groups excluding tert-OH is 1. The lowest BCUT2D eigenvalue weighted by molar-refractivity contribution is 0.0942. The van der Waals surface area contributed by atoms with Gasteiger partial charge in [-0.05, 0) is 56.3 Å². The van der Waals surface area contributed by atoms with E-state index in [1.807, 2.05) is 25.1 Å². The highest BCUT2D eigenvalue weighted by molar-refractivity contribution is 5.97. The molecule has 0 spiro atoms. The van der Waals surface area contributed by atoms with E-state index < -0.39 is 0 Å². The molecule has 1 aromatic carbocycles. The van der Waals surface area contributed by atoms with E-state index in [2.05, 4.69) is 11.8 Å². The molecule has 1 aromatic rings. The zero-order chi connectivity index (χ0) is 13.8. The van der Waals surface area contributed by atoms with Crippen molar-refractivity contribution in [2.45, 2.75) is 26.7 Å². The Hall–Kier alpha value is -1.19. The number of carbonyl (C=O) groups is 1. The van der Waals surface area contributed by atoms with Crippen molar-refractivity contribution in [2.75, 3.05) is 26.2 Å². The van der Waals surface area contributed by atoms with Crippen LogP contribution in [0.15, 0.2) is 18.2 Å². The SMILES string of the molecule is Cc1ccc(C(=O)CN2CCC(CCO)C2)cc1C. The monoisotopic (exact) mass is 261 g/mol. The van der Waals surface area contributed by atoms with Crippen molar-refractivity contribution in [3.8, 4) is 0 Å². The van der Waals surface area contributed by atoms with Crippen LogP contribution >= 0.6 is 0 Å². The molecule has 0 saturated carbocycles. The van der Waals surface area contributed by atoms with E-state index in [0.717, 1.165) is 31.5 Å². The van der Waals surface area contributed by atoms with Gasteiger partial charge in [-0.3, -0.25) is 9.69 Å². The maximum absolute atomic E-state index is 12.2. The number of aliphatic hydroxyl groups is 1. The molecule has 1 aliphatic rings. The predicted octanol–water partition coefficient (Wildman–Crippen LogP) is 2.19. The van der Waals surface area contributed by atoms with Crippen LogP contribution in [0, 0.1) is 19.8 Å². The van der Waals surface area contributed by atoms with E-state index in [4.69, 9.17) is 5.11 Å². The van der Waals surface area contributed by atoms with Gasteiger partial charge < -0.3 is 5.11 Å². The third-order valence-corrected chi connectivity index (χ3v) is 4.10. The second kappa shape index (κ2) is 6.31. The summed E-state index contributed by atoms with van der Waals surface area (Å²) in [5.74, 6) is 0.755. The van der Waals surface area contributed by atoms with E-state index in [1.54, 1.807) is 0 Å². The van der Waals surface area contributed by atoms with Crippen molar-refractivity contribution in [3.05, 3.63) is 34.9 Å². The number of nitrogens with zero attached hydrogens (tertiary/aromatic N) is 1. The fourth-order valence-electron chi connectivity index (χ4n) is 2.68. The molecule has 1 N–H and O–H groups in total. The summed E-state index contributed by atoms with van der Waals surface area (Å²) in [6, 6.07) is 5.92. The zero-order valence-electron chi connectivity index (χ0n) is 11.9. The molecule has 0 amide bonds. The van der Waals surface area contributed by atoms with E-state index in [1.165, 1.54) is 11.1 Å². The molecule has 104 valence electrons. The molecule has 0 aliphatic carbocycles. The quantitative estimate of drug-likeness (QED) is 0.826. The van der Waals surface area contributed by atoms with Gasteiger partial charge in [-0.25, -0.2) is 0 Å². The summed E-state index contributed by atoms with van der Waals surface area (Å²) >= 11 is 0. The number of aryl methyl sites for hydroxylation is 2. The van der Waals surface area contributed by atoms with Crippen molar-refractivity contribution in [1.82, 2.24) is 4.90 Å². The summed E-state index contributed by atoms with van der Waals surface area (Å²) in [6.07, 6.45) is 1.95. The number of likely N-dealkylation sites (tertiary alicyclic amines) is 1. The number of Topliss-reactive ketones (excluding diaryl/α,β-unsaturated/α-hetero) is 1. The Morgan fingerprint density at radius 3 is 2.84 bits per heavy atom. The first-order chi connectivity index (χ1) is 9.10. The number of hydrogen-bond acceptors (Lipinski definition) is 3. The van der Waals surface area contributed by atoms with Crippen LogP contribution in [0.1, 0.15) is 34.3 Å². The van der Waals surface area contributed by atoms with Crippen molar-refractivity contribution < 1.29 is 9.90 Å².